The molecule has 0 aliphatic carbocycles. The number of nitrogen functional groups attached to an aromatic ring is 1. The lowest BCUT2D eigenvalue weighted by molar-refractivity contribution is -0.275. The predicted octanol–water partition coefficient (Wildman–Crippen LogP) is 3.59. The maximum absolute atomic E-state index is 13.7. The summed E-state index contributed by atoms with van der Waals surface area (Å²) in [6.45, 7) is 0.0426. The van der Waals surface area contributed by atoms with Gasteiger partial charge in [-0.3, -0.25) is 4.79 Å². The van der Waals surface area contributed by atoms with Gasteiger partial charge in [0.2, 0.25) is 0 Å². The van der Waals surface area contributed by atoms with E-state index in [2.05, 4.69) is 26.0 Å². The zero-order valence-electron chi connectivity index (χ0n) is 13.1. The van der Waals surface area contributed by atoms with Crippen molar-refractivity contribution in [2.45, 2.75) is 17.9 Å². The summed E-state index contributed by atoms with van der Waals surface area (Å²) in [7, 11) is 0. The van der Waals surface area contributed by atoms with E-state index in [1.165, 1.54) is 0 Å². The van der Waals surface area contributed by atoms with Gasteiger partial charge in [-0.15, -0.1) is 13.2 Å². The average Bonchev–Trinajstić information content (AvgIpc) is 2.52. The number of nitrogens with one attached hydrogen (secondary N) is 1. The molecule has 0 spiro atoms. The van der Waals surface area contributed by atoms with Crippen LogP contribution in [0.15, 0.2) is 36.4 Å². The quantitative estimate of drug-likeness (QED) is 0.289. The first-order valence-corrected chi connectivity index (χ1v) is 8.10. The molecule has 0 saturated carbocycles. The summed E-state index contributed by atoms with van der Waals surface area (Å²) in [5.74, 6) is -3.00. The number of carbonyl (C=O) groups is 1. The Morgan fingerprint density at radius 1 is 1.27 bits per heavy atom. The molecule has 5 nitrogen and oxygen atoms in total. The summed E-state index contributed by atoms with van der Waals surface area (Å²) in [5.41, 5.74) is 13.1. The molecule has 0 bridgehead atoms. The summed E-state index contributed by atoms with van der Waals surface area (Å²) < 4.78 is 53.6. The number of halogens is 5. The van der Waals surface area contributed by atoms with Crippen LogP contribution in [0.1, 0.15) is 26.4 Å². The van der Waals surface area contributed by atoms with Crippen LogP contribution in [0.5, 0.6) is 5.75 Å². The number of amides is 1. The van der Waals surface area contributed by atoms with Crippen molar-refractivity contribution < 1.29 is 27.1 Å². The number of rotatable bonds is 5. The van der Waals surface area contributed by atoms with Crippen LogP contribution >= 0.6 is 15.9 Å². The molecule has 0 heterocycles. The minimum Gasteiger partial charge on any atom is -0.403 e. The van der Waals surface area contributed by atoms with Gasteiger partial charge in [-0.1, -0.05) is 28.1 Å². The van der Waals surface area contributed by atoms with Gasteiger partial charge in [0, 0.05) is 23.4 Å². The molecule has 0 saturated heterocycles. The highest BCUT2D eigenvalue weighted by molar-refractivity contribution is 9.09. The van der Waals surface area contributed by atoms with Crippen molar-refractivity contribution in [2.24, 2.45) is 5.73 Å². The van der Waals surface area contributed by atoms with Gasteiger partial charge in [-0.2, -0.15) is 0 Å². The van der Waals surface area contributed by atoms with Crippen molar-refractivity contribution >= 4 is 27.5 Å². The second-order valence-corrected chi connectivity index (χ2v) is 6.18. The van der Waals surface area contributed by atoms with Crippen LogP contribution in [0.3, 0.4) is 0 Å². The van der Waals surface area contributed by atoms with Crippen LogP contribution in [0, 0.1) is 5.82 Å². The summed E-state index contributed by atoms with van der Waals surface area (Å²) in [6, 6.07) is 7.45. The van der Waals surface area contributed by atoms with Crippen molar-refractivity contribution in [3.63, 3.8) is 0 Å². The number of carbonyl (C=O) groups excluding carboxylic acids is 1. The topological polar surface area (TPSA) is 90.4 Å². The van der Waals surface area contributed by atoms with Crippen LogP contribution in [-0.4, -0.2) is 12.3 Å². The predicted molar refractivity (Wildman–Crippen MR) is 91.0 cm³/mol. The van der Waals surface area contributed by atoms with Gasteiger partial charge >= 0.3 is 6.36 Å². The summed E-state index contributed by atoms with van der Waals surface area (Å²) in [6.07, 6.45) is -5.03. The lowest BCUT2D eigenvalue weighted by atomic mass is 10.1. The monoisotopic (exact) mass is 435 g/mol. The highest BCUT2D eigenvalue weighted by Gasteiger charge is 2.32. The van der Waals surface area contributed by atoms with Crippen LogP contribution in [0.2, 0.25) is 0 Å². The molecule has 1 unspecified atom stereocenters. The number of hydrogen-bond acceptors (Lipinski definition) is 4. The maximum Gasteiger partial charge on any atom is 0.573 e. The number of anilines is 1. The van der Waals surface area contributed by atoms with E-state index in [9.17, 15) is 22.4 Å². The number of alkyl halides is 4. The highest BCUT2D eigenvalue weighted by Crippen LogP contribution is 2.28. The third-order valence-corrected chi connectivity index (χ3v) is 3.82. The first kappa shape index (κ1) is 20.0. The normalized spacial score (nSPS) is 12.5. The van der Waals surface area contributed by atoms with Crippen molar-refractivity contribution in [3.8, 4) is 5.75 Å². The van der Waals surface area contributed by atoms with Gasteiger partial charge in [0.15, 0.2) is 11.6 Å². The van der Waals surface area contributed by atoms with Crippen molar-refractivity contribution in [2.75, 3.05) is 5.73 Å². The Hall–Kier alpha value is -2.33. The SMILES string of the molecule is Nc1cccc(CNC(=O)c2ccc(OC(F)(F)F)c(F)c2)c1C(N)Br. The Bertz CT molecular complexity index is 813. The zero-order chi connectivity index (χ0) is 19.5. The van der Waals surface area contributed by atoms with E-state index < -0.39 is 28.8 Å². The third-order valence-electron chi connectivity index (χ3n) is 3.37. The first-order valence-electron chi connectivity index (χ1n) is 7.19. The summed E-state index contributed by atoms with van der Waals surface area (Å²) in [5, 5.41) is 2.53. The fourth-order valence-corrected chi connectivity index (χ4v) is 2.81. The van der Waals surface area contributed by atoms with E-state index in [1.807, 2.05) is 0 Å². The Labute approximate surface area is 154 Å². The summed E-state index contributed by atoms with van der Waals surface area (Å²) >= 11 is 3.21. The van der Waals surface area contributed by atoms with E-state index >= 15 is 0 Å². The molecule has 26 heavy (non-hydrogen) atoms. The van der Waals surface area contributed by atoms with Crippen molar-refractivity contribution in [1.29, 1.82) is 0 Å². The molecule has 2 rings (SSSR count). The minimum atomic E-state index is -5.03. The largest absolute Gasteiger partial charge is 0.573 e. The van der Waals surface area contributed by atoms with Gasteiger partial charge < -0.3 is 21.5 Å². The zero-order valence-corrected chi connectivity index (χ0v) is 14.7. The average molecular weight is 436 g/mol. The van der Waals surface area contributed by atoms with Gasteiger partial charge in [-0.25, -0.2) is 4.39 Å². The van der Waals surface area contributed by atoms with Crippen molar-refractivity contribution in [3.05, 3.63) is 58.9 Å². The van der Waals surface area contributed by atoms with E-state index in [-0.39, 0.29) is 12.1 Å². The molecule has 5 N–H and O–H groups in total. The molecular weight excluding hydrogens is 422 g/mol. The molecule has 140 valence electrons. The molecule has 1 amide bonds. The molecule has 0 fully saturated rings. The van der Waals surface area contributed by atoms with Gasteiger partial charge in [-0.05, 0) is 29.8 Å². The maximum atomic E-state index is 13.7. The number of hydrogen-bond donors (Lipinski definition) is 3. The minimum absolute atomic E-state index is 0.0426. The molecule has 0 aromatic heterocycles. The number of nitrogens with two attached hydrogens (primary N) is 2. The van der Waals surface area contributed by atoms with Crippen molar-refractivity contribution in [1.82, 2.24) is 5.32 Å². The fraction of sp³-hybridized carbons (Fsp3) is 0.188. The number of benzene rings is 2. The molecule has 1 atom stereocenters. The molecule has 2 aromatic carbocycles. The number of ether oxygens (including phenoxy) is 1. The standard InChI is InChI=1S/C16H14BrF4N3O2/c17-14(23)13-9(2-1-3-11(13)22)7-24-15(25)8-4-5-12(10(18)6-8)26-16(19,20)21/h1-6,14H,7,22-23H2,(H,24,25). The lowest BCUT2D eigenvalue weighted by Crippen LogP contribution is -2.24. The Balaban J connectivity index is 2.12. The van der Waals surface area contributed by atoms with E-state index in [4.69, 9.17) is 11.5 Å². The Morgan fingerprint density at radius 3 is 2.54 bits per heavy atom. The van der Waals surface area contributed by atoms with Crippen LogP contribution in [0.4, 0.5) is 23.2 Å². The second kappa shape index (κ2) is 7.92. The van der Waals surface area contributed by atoms with Crippen LogP contribution < -0.4 is 21.5 Å². The second-order valence-electron chi connectivity index (χ2n) is 5.20. The third kappa shape index (κ3) is 5.09. The lowest BCUT2D eigenvalue weighted by Gasteiger charge is -2.15. The van der Waals surface area contributed by atoms with Gasteiger partial charge in [0.1, 0.15) is 0 Å². The Kier molecular flexibility index (Phi) is 6.09. The Morgan fingerprint density at radius 2 is 1.96 bits per heavy atom. The molecular formula is C16H14BrF4N3O2. The molecule has 10 heteroatoms. The van der Waals surface area contributed by atoms with E-state index in [1.54, 1.807) is 18.2 Å². The van der Waals surface area contributed by atoms with E-state index in [0.29, 0.717) is 22.9 Å². The van der Waals surface area contributed by atoms with E-state index in [0.717, 1.165) is 12.1 Å². The molecule has 2 aromatic rings. The smallest absolute Gasteiger partial charge is 0.403 e. The fourth-order valence-electron chi connectivity index (χ4n) is 2.25. The first-order chi connectivity index (χ1) is 12.1. The molecule has 0 aliphatic rings. The molecule has 0 radical (unpaired) electrons. The van der Waals surface area contributed by atoms with Crippen LogP contribution in [-0.2, 0) is 6.54 Å². The van der Waals surface area contributed by atoms with Gasteiger partial charge in [0.25, 0.3) is 5.91 Å². The van der Waals surface area contributed by atoms with Crippen LogP contribution in [0.25, 0.3) is 0 Å². The molecule has 0 aliphatic heterocycles. The highest BCUT2D eigenvalue weighted by atomic mass is 79.9. The summed E-state index contributed by atoms with van der Waals surface area (Å²) in [4.78, 5) is 11.6. The van der Waals surface area contributed by atoms with Gasteiger partial charge in [0.05, 0.1) is 4.95 Å².